The Morgan fingerprint density at radius 2 is 1.72 bits per heavy atom. The van der Waals surface area contributed by atoms with E-state index < -0.39 is 17.5 Å². The van der Waals surface area contributed by atoms with Crippen LogP contribution in [-0.4, -0.2) is 18.6 Å². The summed E-state index contributed by atoms with van der Waals surface area (Å²) in [6.07, 6.45) is 5.44. The van der Waals surface area contributed by atoms with Crippen LogP contribution >= 0.6 is 11.8 Å². The van der Waals surface area contributed by atoms with Crippen molar-refractivity contribution in [2.45, 2.75) is 25.8 Å². The van der Waals surface area contributed by atoms with Crippen LogP contribution in [0, 0.1) is 17.5 Å². The van der Waals surface area contributed by atoms with Crippen LogP contribution < -0.4 is 5.32 Å². The molecular formula is C13H18F3NS. The lowest BCUT2D eigenvalue weighted by Crippen LogP contribution is -2.15. The van der Waals surface area contributed by atoms with Crippen LogP contribution in [0.3, 0.4) is 0 Å². The van der Waals surface area contributed by atoms with Crippen LogP contribution in [0.25, 0.3) is 0 Å². The number of unbranched alkanes of at least 4 members (excludes halogenated alkanes) is 2. The second-order valence-electron chi connectivity index (χ2n) is 4.10. The van der Waals surface area contributed by atoms with Gasteiger partial charge >= 0.3 is 0 Å². The van der Waals surface area contributed by atoms with E-state index in [1.165, 1.54) is 6.42 Å². The fourth-order valence-electron chi connectivity index (χ4n) is 1.62. The van der Waals surface area contributed by atoms with E-state index in [9.17, 15) is 13.2 Å². The van der Waals surface area contributed by atoms with Gasteiger partial charge in [0, 0.05) is 6.54 Å². The minimum atomic E-state index is -1.41. The molecule has 1 rings (SSSR count). The molecular weight excluding hydrogens is 259 g/mol. The summed E-state index contributed by atoms with van der Waals surface area (Å²) in [5, 5.41) is 3.09. The zero-order valence-corrected chi connectivity index (χ0v) is 11.3. The number of hydrogen-bond acceptors (Lipinski definition) is 2. The predicted octanol–water partition coefficient (Wildman–Crippen LogP) is 3.73. The first-order valence-electron chi connectivity index (χ1n) is 5.98. The first-order chi connectivity index (χ1) is 8.65. The normalized spacial score (nSPS) is 10.9. The van der Waals surface area contributed by atoms with Gasteiger partial charge in [-0.2, -0.15) is 11.8 Å². The van der Waals surface area contributed by atoms with Gasteiger partial charge in [0.15, 0.2) is 17.5 Å². The van der Waals surface area contributed by atoms with Gasteiger partial charge < -0.3 is 5.32 Å². The van der Waals surface area contributed by atoms with Gasteiger partial charge in [0.05, 0.1) is 0 Å². The highest BCUT2D eigenvalue weighted by Crippen LogP contribution is 2.13. The van der Waals surface area contributed by atoms with Crippen LogP contribution in [0.2, 0.25) is 0 Å². The fourth-order valence-corrected chi connectivity index (χ4v) is 2.11. The third kappa shape index (κ3) is 5.31. The summed E-state index contributed by atoms with van der Waals surface area (Å²) < 4.78 is 38.5. The first-order valence-corrected chi connectivity index (χ1v) is 7.37. The Bertz CT molecular complexity index is 348. The molecule has 102 valence electrons. The highest BCUT2D eigenvalue weighted by atomic mass is 32.2. The highest BCUT2D eigenvalue weighted by molar-refractivity contribution is 7.98. The molecule has 0 atom stereocenters. The van der Waals surface area contributed by atoms with Crippen LogP contribution in [-0.2, 0) is 6.54 Å². The van der Waals surface area contributed by atoms with Crippen molar-refractivity contribution in [3.63, 3.8) is 0 Å². The van der Waals surface area contributed by atoms with Crippen LogP contribution in [0.4, 0.5) is 13.2 Å². The second kappa shape index (κ2) is 8.43. The van der Waals surface area contributed by atoms with Gasteiger partial charge in [0.25, 0.3) is 0 Å². The Labute approximate surface area is 110 Å². The molecule has 0 unspecified atom stereocenters. The Hall–Kier alpha value is -0.680. The molecule has 1 N–H and O–H groups in total. The maximum absolute atomic E-state index is 12.9. The SMILES string of the molecule is CSCCCCCNCc1cc(F)c(F)c(F)c1. The lowest BCUT2D eigenvalue weighted by Gasteiger charge is -2.06. The molecule has 1 nitrogen and oxygen atoms in total. The third-order valence-electron chi connectivity index (χ3n) is 2.57. The van der Waals surface area contributed by atoms with E-state index in [2.05, 4.69) is 11.6 Å². The topological polar surface area (TPSA) is 12.0 Å². The molecule has 0 saturated heterocycles. The number of nitrogens with one attached hydrogen (secondary N) is 1. The molecule has 0 spiro atoms. The lowest BCUT2D eigenvalue weighted by atomic mass is 10.2. The largest absolute Gasteiger partial charge is 0.313 e. The van der Waals surface area contributed by atoms with Crippen molar-refractivity contribution < 1.29 is 13.2 Å². The summed E-state index contributed by atoms with van der Waals surface area (Å²) in [5.41, 5.74) is 0.426. The van der Waals surface area contributed by atoms with Crippen molar-refractivity contribution in [3.8, 4) is 0 Å². The summed E-state index contributed by atoms with van der Waals surface area (Å²) in [5.74, 6) is -2.51. The van der Waals surface area contributed by atoms with Gasteiger partial charge in [0.1, 0.15) is 0 Å². The minimum Gasteiger partial charge on any atom is -0.313 e. The molecule has 0 aromatic heterocycles. The van der Waals surface area contributed by atoms with E-state index in [1.807, 2.05) is 11.8 Å². The van der Waals surface area contributed by atoms with Crippen molar-refractivity contribution >= 4 is 11.8 Å². The van der Waals surface area contributed by atoms with Gasteiger partial charge in [-0.15, -0.1) is 0 Å². The standard InChI is InChI=1S/C13H18F3NS/c1-18-6-4-2-3-5-17-9-10-7-11(14)13(16)12(15)8-10/h7-8,17H,2-6,9H2,1H3. The maximum Gasteiger partial charge on any atom is 0.194 e. The van der Waals surface area contributed by atoms with Crippen LogP contribution in [0.1, 0.15) is 24.8 Å². The molecule has 1 aromatic carbocycles. The monoisotopic (exact) mass is 277 g/mol. The Kier molecular flexibility index (Phi) is 7.20. The molecule has 18 heavy (non-hydrogen) atoms. The summed E-state index contributed by atoms with van der Waals surface area (Å²) >= 11 is 1.83. The lowest BCUT2D eigenvalue weighted by molar-refractivity contribution is 0.444. The van der Waals surface area contributed by atoms with E-state index in [4.69, 9.17) is 0 Å². The third-order valence-corrected chi connectivity index (χ3v) is 3.27. The molecule has 0 saturated carbocycles. The molecule has 0 radical (unpaired) electrons. The summed E-state index contributed by atoms with van der Waals surface area (Å²) in [7, 11) is 0. The van der Waals surface area contributed by atoms with Crippen molar-refractivity contribution in [2.75, 3.05) is 18.6 Å². The van der Waals surface area contributed by atoms with Gasteiger partial charge in [-0.25, -0.2) is 13.2 Å². The zero-order valence-electron chi connectivity index (χ0n) is 10.4. The number of hydrogen-bond donors (Lipinski definition) is 1. The van der Waals surface area contributed by atoms with Crippen molar-refractivity contribution in [1.29, 1.82) is 0 Å². The van der Waals surface area contributed by atoms with Crippen molar-refractivity contribution in [2.24, 2.45) is 0 Å². The average molecular weight is 277 g/mol. The minimum absolute atomic E-state index is 0.358. The van der Waals surface area contributed by atoms with Gasteiger partial charge in [-0.05, 0) is 49.1 Å². The Balaban J connectivity index is 2.23. The second-order valence-corrected chi connectivity index (χ2v) is 5.09. The van der Waals surface area contributed by atoms with Crippen molar-refractivity contribution in [1.82, 2.24) is 5.32 Å². The summed E-state index contributed by atoms with van der Waals surface area (Å²) in [6.45, 7) is 1.16. The van der Waals surface area contributed by atoms with E-state index in [1.54, 1.807) is 0 Å². The van der Waals surface area contributed by atoms with Gasteiger partial charge in [-0.3, -0.25) is 0 Å². The molecule has 0 heterocycles. The van der Waals surface area contributed by atoms with E-state index in [0.717, 1.165) is 37.3 Å². The Morgan fingerprint density at radius 1 is 1.06 bits per heavy atom. The van der Waals surface area contributed by atoms with Crippen molar-refractivity contribution in [3.05, 3.63) is 35.1 Å². The number of rotatable bonds is 8. The fraction of sp³-hybridized carbons (Fsp3) is 0.538. The van der Waals surface area contributed by atoms with Crippen LogP contribution in [0.15, 0.2) is 12.1 Å². The first kappa shape index (κ1) is 15.4. The molecule has 0 bridgehead atoms. The van der Waals surface area contributed by atoms with Crippen LogP contribution in [0.5, 0.6) is 0 Å². The number of benzene rings is 1. The summed E-state index contributed by atoms with van der Waals surface area (Å²) in [4.78, 5) is 0. The molecule has 0 aliphatic heterocycles. The van der Waals surface area contributed by atoms with E-state index in [-0.39, 0.29) is 0 Å². The smallest absolute Gasteiger partial charge is 0.194 e. The predicted molar refractivity (Wildman–Crippen MR) is 70.3 cm³/mol. The van der Waals surface area contributed by atoms with Gasteiger partial charge in [-0.1, -0.05) is 6.42 Å². The zero-order chi connectivity index (χ0) is 13.4. The van der Waals surface area contributed by atoms with E-state index in [0.29, 0.717) is 12.1 Å². The van der Waals surface area contributed by atoms with Gasteiger partial charge in [0.2, 0.25) is 0 Å². The highest BCUT2D eigenvalue weighted by Gasteiger charge is 2.09. The number of thioether (sulfide) groups is 1. The number of halogens is 3. The average Bonchev–Trinajstić information content (AvgIpc) is 2.34. The molecule has 5 heteroatoms. The molecule has 1 aromatic rings. The summed E-state index contributed by atoms with van der Waals surface area (Å²) in [6, 6.07) is 2.05. The Morgan fingerprint density at radius 3 is 2.33 bits per heavy atom. The maximum atomic E-state index is 12.9. The quantitative estimate of drug-likeness (QED) is 0.574. The molecule has 0 fully saturated rings. The molecule has 0 aliphatic carbocycles. The molecule has 0 aliphatic rings. The molecule has 0 amide bonds. The van der Waals surface area contributed by atoms with E-state index >= 15 is 0 Å².